The lowest BCUT2D eigenvalue weighted by molar-refractivity contribution is -0.135. The normalized spacial score (nSPS) is 17.6. The fraction of sp³-hybridized carbons (Fsp3) is 0.0741. The van der Waals surface area contributed by atoms with Gasteiger partial charge in [-0.2, -0.15) is 0 Å². The molecule has 3 aromatic carbocycles. The van der Waals surface area contributed by atoms with Crippen molar-refractivity contribution in [2.75, 3.05) is 0 Å². The van der Waals surface area contributed by atoms with Crippen molar-refractivity contribution < 1.29 is 32.2 Å². The van der Waals surface area contributed by atoms with Crippen LogP contribution < -0.4 is 15.0 Å². The third kappa shape index (κ3) is 3.39. The molecule has 0 saturated carbocycles. The standard InChI is InChI=1S/C27H14F3NO5/c28-17-7-12(8-18(29)24(17)30)9-21-25(33)14-5-6-20-23(26(14)36-21)15(11-22(32)35-20)16-10-13-3-1-2-4-19(13)31-27(16)34/h1-10,15H,11H2,(H,31,34). The highest BCUT2D eigenvalue weighted by atomic mass is 19.2. The van der Waals surface area contributed by atoms with Crippen molar-refractivity contribution in [2.45, 2.75) is 12.3 Å². The van der Waals surface area contributed by atoms with Crippen molar-refractivity contribution in [1.82, 2.24) is 4.98 Å². The molecular weight excluding hydrogens is 475 g/mol. The summed E-state index contributed by atoms with van der Waals surface area (Å²) < 4.78 is 51.9. The van der Waals surface area contributed by atoms with Crippen LogP contribution in [0, 0.1) is 17.5 Å². The Bertz CT molecular complexity index is 1700. The minimum atomic E-state index is -1.63. The number of halogens is 3. The highest BCUT2D eigenvalue weighted by molar-refractivity contribution is 6.15. The molecule has 0 saturated heterocycles. The molecule has 0 aliphatic carbocycles. The number of hydrogen-bond acceptors (Lipinski definition) is 5. The molecule has 2 aliphatic heterocycles. The maximum absolute atomic E-state index is 13.7. The lowest BCUT2D eigenvalue weighted by atomic mass is 9.85. The van der Waals surface area contributed by atoms with Crippen LogP contribution in [0.3, 0.4) is 0 Å². The number of H-pyrrole nitrogens is 1. The number of aromatic amines is 1. The summed E-state index contributed by atoms with van der Waals surface area (Å²) in [5.41, 5.74) is 0.846. The van der Waals surface area contributed by atoms with Gasteiger partial charge < -0.3 is 14.5 Å². The van der Waals surface area contributed by atoms with Gasteiger partial charge in [-0.25, -0.2) is 13.2 Å². The lowest BCUT2D eigenvalue weighted by Crippen LogP contribution is -2.26. The Labute approximate surface area is 200 Å². The van der Waals surface area contributed by atoms with E-state index >= 15 is 0 Å². The van der Waals surface area contributed by atoms with Crippen LogP contribution >= 0.6 is 0 Å². The average Bonchev–Trinajstić information content (AvgIpc) is 3.16. The van der Waals surface area contributed by atoms with E-state index in [9.17, 15) is 27.6 Å². The Morgan fingerprint density at radius 1 is 0.917 bits per heavy atom. The van der Waals surface area contributed by atoms with Gasteiger partial charge in [0.2, 0.25) is 5.78 Å². The van der Waals surface area contributed by atoms with Crippen molar-refractivity contribution >= 4 is 28.7 Å². The van der Waals surface area contributed by atoms with Gasteiger partial charge >= 0.3 is 5.97 Å². The van der Waals surface area contributed by atoms with E-state index < -0.39 is 40.7 Å². The Balaban J connectivity index is 1.49. The number of pyridine rings is 1. The van der Waals surface area contributed by atoms with Crippen LogP contribution in [0.5, 0.6) is 11.5 Å². The van der Waals surface area contributed by atoms with Crippen molar-refractivity contribution in [3.63, 3.8) is 0 Å². The number of ether oxygens (including phenoxy) is 2. The number of ketones is 1. The number of aromatic nitrogens is 1. The number of esters is 1. The highest BCUT2D eigenvalue weighted by Gasteiger charge is 2.39. The summed E-state index contributed by atoms with van der Waals surface area (Å²) in [6.45, 7) is 0. The van der Waals surface area contributed by atoms with Crippen LogP contribution in [0.2, 0.25) is 0 Å². The van der Waals surface area contributed by atoms with E-state index in [0.29, 0.717) is 11.1 Å². The van der Waals surface area contributed by atoms with Crippen molar-refractivity contribution in [1.29, 1.82) is 0 Å². The van der Waals surface area contributed by atoms with Gasteiger partial charge in [-0.05, 0) is 53.4 Å². The monoisotopic (exact) mass is 489 g/mol. The number of nitrogens with one attached hydrogen (secondary N) is 1. The molecule has 1 unspecified atom stereocenters. The molecule has 36 heavy (non-hydrogen) atoms. The van der Waals surface area contributed by atoms with Crippen molar-refractivity contribution in [3.05, 3.63) is 110 Å². The number of Topliss-reactive ketones (excluding diaryl/α,β-unsaturated/α-hetero) is 1. The maximum atomic E-state index is 13.7. The summed E-state index contributed by atoms with van der Waals surface area (Å²) in [5.74, 6) is -6.41. The SMILES string of the molecule is O=C1CC(c2cc3ccccc3[nH]c2=O)c2c(ccc3c2OC(=Cc2cc(F)c(F)c(F)c2)C3=O)O1. The van der Waals surface area contributed by atoms with Gasteiger partial charge in [0.05, 0.1) is 12.0 Å². The first-order chi connectivity index (χ1) is 17.3. The summed E-state index contributed by atoms with van der Waals surface area (Å²) in [7, 11) is 0. The Morgan fingerprint density at radius 3 is 2.44 bits per heavy atom. The van der Waals surface area contributed by atoms with Crippen LogP contribution in [0.1, 0.15) is 39.4 Å². The molecule has 1 N–H and O–H groups in total. The van der Waals surface area contributed by atoms with Crippen molar-refractivity contribution in [3.8, 4) is 11.5 Å². The van der Waals surface area contributed by atoms with E-state index in [2.05, 4.69) is 4.98 Å². The fourth-order valence-electron chi connectivity index (χ4n) is 4.60. The predicted molar refractivity (Wildman–Crippen MR) is 122 cm³/mol. The molecule has 0 spiro atoms. The van der Waals surface area contributed by atoms with E-state index in [1.807, 2.05) is 12.1 Å². The first kappa shape index (κ1) is 21.8. The molecule has 1 atom stereocenters. The summed E-state index contributed by atoms with van der Waals surface area (Å²) in [6.07, 6.45) is 0.920. The Kier molecular flexibility index (Phi) is 4.82. The zero-order valence-corrected chi connectivity index (χ0v) is 18.2. The number of carbonyl (C=O) groups excluding carboxylic acids is 2. The highest BCUT2D eigenvalue weighted by Crippen LogP contribution is 2.48. The minimum Gasteiger partial charge on any atom is -0.452 e. The number of fused-ring (bicyclic) bond motifs is 4. The largest absolute Gasteiger partial charge is 0.452 e. The summed E-state index contributed by atoms with van der Waals surface area (Å²) in [4.78, 5) is 41.2. The second-order valence-corrected chi connectivity index (χ2v) is 8.46. The van der Waals surface area contributed by atoms with E-state index in [1.165, 1.54) is 12.1 Å². The topological polar surface area (TPSA) is 85.5 Å². The van der Waals surface area contributed by atoms with E-state index in [-0.39, 0.29) is 40.4 Å². The minimum absolute atomic E-state index is 0.0804. The molecule has 178 valence electrons. The molecular formula is C27H14F3NO5. The first-order valence-corrected chi connectivity index (χ1v) is 10.9. The molecule has 6 rings (SSSR count). The molecule has 2 aliphatic rings. The molecule has 6 nitrogen and oxygen atoms in total. The Morgan fingerprint density at radius 2 is 1.67 bits per heavy atom. The number of para-hydroxylation sites is 1. The fourth-order valence-corrected chi connectivity index (χ4v) is 4.60. The second kappa shape index (κ2) is 7.94. The lowest BCUT2D eigenvalue weighted by Gasteiger charge is -2.26. The third-order valence-electron chi connectivity index (χ3n) is 6.24. The molecule has 0 amide bonds. The summed E-state index contributed by atoms with van der Waals surface area (Å²) in [6, 6.07) is 13.2. The number of allylic oxidation sites excluding steroid dienone is 1. The van der Waals surface area contributed by atoms with Crippen molar-refractivity contribution in [2.24, 2.45) is 0 Å². The van der Waals surface area contributed by atoms with Gasteiger partial charge in [0, 0.05) is 22.6 Å². The number of benzene rings is 3. The molecule has 4 aromatic rings. The van der Waals surface area contributed by atoms with E-state index in [4.69, 9.17) is 9.47 Å². The van der Waals surface area contributed by atoms with Crippen LogP contribution in [0.4, 0.5) is 13.2 Å². The zero-order valence-electron chi connectivity index (χ0n) is 18.2. The molecule has 0 fully saturated rings. The quantitative estimate of drug-likeness (QED) is 0.185. The van der Waals surface area contributed by atoms with Crippen LogP contribution in [0.15, 0.2) is 65.2 Å². The Hall–Kier alpha value is -4.66. The molecule has 3 heterocycles. The second-order valence-electron chi connectivity index (χ2n) is 8.46. The number of hydrogen-bond donors (Lipinski definition) is 1. The van der Waals surface area contributed by atoms with Crippen LogP contribution in [-0.2, 0) is 4.79 Å². The van der Waals surface area contributed by atoms with Gasteiger partial charge in [-0.15, -0.1) is 0 Å². The van der Waals surface area contributed by atoms with Gasteiger partial charge in [0.25, 0.3) is 5.56 Å². The summed E-state index contributed by atoms with van der Waals surface area (Å²) >= 11 is 0. The molecule has 1 aromatic heterocycles. The number of rotatable bonds is 2. The predicted octanol–water partition coefficient (Wildman–Crippen LogP) is 5.00. The zero-order chi connectivity index (χ0) is 25.1. The molecule has 0 radical (unpaired) electrons. The third-order valence-corrected chi connectivity index (χ3v) is 6.24. The summed E-state index contributed by atoms with van der Waals surface area (Å²) in [5, 5.41) is 0.748. The van der Waals surface area contributed by atoms with E-state index in [1.54, 1.807) is 18.2 Å². The smallest absolute Gasteiger partial charge is 0.312 e. The van der Waals surface area contributed by atoms with Gasteiger partial charge in [-0.1, -0.05) is 18.2 Å². The molecule has 9 heteroatoms. The van der Waals surface area contributed by atoms with Gasteiger partial charge in [-0.3, -0.25) is 14.4 Å². The van der Waals surface area contributed by atoms with E-state index in [0.717, 1.165) is 23.6 Å². The average molecular weight is 489 g/mol. The van der Waals surface area contributed by atoms with Gasteiger partial charge in [0.1, 0.15) is 11.5 Å². The maximum Gasteiger partial charge on any atom is 0.312 e. The first-order valence-electron chi connectivity index (χ1n) is 10.9. The number of carbonyl (C=O) groups is 2. The van der Waals surface area contributed by atoms with Crippen LogP contribution in [-0.4, -0.2) is 16.7 Å². The van der Waals surface area contributed by atoms with Gasteiger partial charge in [0.15, 0.2) is 23.2 Å². The molecule has 0 bridgehead atoms. The van der Waals surface area contributed by atoms with Crippen LogP contribution in [0.25, 0.3) is 17.0 Å².